The number of carbonyl (C=O) groups is 1. The van der Waals surface area contributed by atoms with Crippen LogP contribution < -0.4 is 4.74 Å². The first-order chi connectivity index (χ1) is 14.2. The molecule has 2 aliphatic rings. The van der Waals surface area contributed by atoms with E-state index in [1.54, 1.807) is 23.4 Å². The molecule has 2 aromatic heterocycles. The third kappa shape index (κ3) is 3.59. The summed E-state index contributed by atoms with van der Waals surface area (Å²) in [5.74, 6) is 0.632. The topological polar surface area (TPSA) is 74.0 Å². The number of benzene rings is 1. The molecule has 0 aliphatic carbocycles. The van der Waals surface area contributed by atoms with Crippen molar-refractivity contribution in [2.75, 3.05) is 26.3 Å². The summed E-state index contributed by atoms with van der Waals surface area (Å²) in [5.41, 5.74) is 2.12. The summed E-state index contributed by atoms with van der Waals surface area (Å²) in [6, 6.07) is 11.3. The van der Waals surface area contributed by atoms with E-state index in [0.29, 0.717) is 43.2 Å². The Kier molecular flexibility index (Phi) is 4.69. The molecule has 2 atom stereocenters. The van der Waals surface area contributed by atoms with Crippen molar-refractivity contribution in [3.63, 3.8) is 0 Å². The van der Waals surface area contributed by atoms with Crippen LogP contribution in [0.25, 0.3) is 11.0 Å². The highest BCUT2D eigenvalue weighted by Crippen LogP contribution is 2.26. The van der Waals surface area contributed by atoms with Gasteiger partial charge in [-0.1, -0.05) is 12.1 Å². The highest BCUT2D eigenvalue weighted by molar-refractivity contribution is 6.05. The number of ether oxygens (including phenoxy) is 3. The van der Waals surface area contributed by atoms with E-state index in [0.717, 1.165) is 11.1 Å². The minimum atomic E-state index is -0.203. The third-order valence-corrected chi connectivity index (χ3v) is 5.39. The molecule has 0 bridgehead atoms. The summed E-state index contributed by atoms with van der Waals surface area (Å²) in [6.07, 6.45) is 2.77. The lowest BCUT2D eigenvalue weighted by Crippen LogP contribution is -2.33. The van der Waals surface area contributed by atoms with Crippen LogP contribution in [0.3, 0.4) is 0 Å². The molecule has 0 unspecified atom stereocenters. The zero-order chi connectivity index (χ0) is 19.8. The van der Waals surface area contributed by atoms with E-state index in [1.165, 1.54) is 0 Å². The SMILES string of the molecule is Cc1ccc(OC2CO[C@H]3CN(C(=O)c4cccc5ccoc45)C[C@@H]3OC2)cn1. The second kappa shape index (κ2) is 7.50. The Hall–Kier alpha value is -2.90. The second-order valence-electron chi connectivity index (χ2n) is 7.47. The van der Waals surface area contributed by atoms with Crippen LogP contribution in [-0.2, 0) is 9.47 Å². The quantitative estimate of drug-likeness (QED) is 0.680. The monoisotopic (exact) mass is 394 g/mol. The minimum Gasteiger partial charge on any atom is -0.484 e. The fraction of sp³-hybridized carbons (Fsp3) is 0.364. The van der Waals surface area contributed by atoms with Crippen molar-refractivity contribution in [3.8, 4) is 5.75 Å². The van der Waals surface area contributed by atoms with Crippen LogP contribution >= 0.6 is 0 Å². The van der Waals surface area contributed by atoms with E-state index in [4.69, 9.17) is 18.6 Å². The maximum Gasteiger partial charge on any atom is 0.257 e. The molecule has 3 aromatic rings. The van der Waals surface area contributed by atoms with Gasteiger partial charge in [-0.15, -0.1) is 0 Å². The van der Waals surface area contributed by atoms with E-state index >= 15 is 0 Å². The number of pyridine rings is 1. The van der Waals surface area contributed by atoms with Crippen molar-refractivity contribution in [3.05, 3.63) is 60.1 Å². The number of fused-ring (bicyclic) bond motifs is 2. The molecule has 29 heavy (non-hydrogen) atoms. The molecule has 0 N–H and O–H groups in total. The average molecular weight is 394 g/mol. The number of furan rings is 1. The highest BCUT2D eigenvalue weighted by Gasteiger charge is 2.40. The lowest BCUT2D eigenvalue weighted by Gasteiger charge is -2.19. The normalized spacial score (nSPS) is 22.4. The predicted molar refractivity (Wildman–Crippen MR) is 105 cm³/mol. The molecule has 0 radical (unpaired) electrons. The zero-order valence-electron chi connectivity index (χ0n) is 16.1. The molecule has 2 aliphatic heterocycles. The maximum atomic E-state index is 13.0. The number of likely N-dealkylation sites (tertiary alicyclic amines) is 1. The van der Waals surface area contributed by atoms with Gasteiger partial charge < -0.3 is 23.5 Å². The van der Waals surface area contributed by atoms with Crippen molar-refractivity contribution in [2.24, 2.45) is 0 Å². The third-order valence-electron chi connectivity index (χ3n) is 5.39. The minimum absolute atomic E-state index is 0.0654. The standard InChI is InChI=1S/C22H22N2O5/c1-14-5-6-16(9-23-14)29-17-12-27-19-10-24(11-20(19)28-13-17)22(25)18-4-2-3-15-7-8-26-21(15)18/h2-9,17,19-20H,10-13H2,1H3/t19-,20-/m0/s1. The Labute approximate surface area is 168 Å². The van der Waals surface area contributed by atoms with Crippen LogP contribution in [0.4, 0.5) is 0 Å². The number of para-hydroxylation sites is 1. The molecule has 0 spiro atoms. The summed E-state index contributed by atoms with van der Waals surface area (Å²) in [5, 5.41) is 0.919. The molecule has 7 nitrogen and oxygen atoms in total. The van der Waals surface area contributed by atoms with Gasteiger partial charge in [0.25, 0.3) is 5.91 Å². The molecule has 5 rings (SSSR count). The molecule has 1 aromatic carbocycles. The Morgan fingerprint density at radius 1 is 1.10 bits per heavy atom. The van der Waals surface area contributed by atoms with Crippen molar-refractivity contribution in [1.82, 2.24) is 9.88 Å². The van der Waals surface area contributed by atoms with Crippen molar-refractivity contribution < 1.29 is 23.4 Å². The van der Waals surface area contributed by atoms with Gasteiger partial charge in [0.1, 0.15) is 29.6 Å². The fourth-order valence-corrected chi connectivity index (χ4v) is 3.86. The fourth-order valence-electron chi connectivity index (χ4n) is 3.86. The van der Waals surface area contributed by atoms with Gasteiger partial charge in [0, 0.05) is 24.2 Å². The van der Waals surface area contributed by atoms with Crippen molar-refractivity contribution >= 4 is 16.9 Å². The van der Waals surface area contributed by atoms with E-state index in [9.17, 15) is 4.79 Å². The molecule has 0 saturated carbocycles. The van der Waals surface area contributed by atoms with Crippen molar-refractivity contribution in [1.29, 1.82) is 0 Å². The molecule has 2 fully saturated rings. The lowest BCUT2D eigenvalue weighted by atomic mass is 10.1. The number of nitrogens with zero attached hydrogens (tertiary/aromatic N) is 2. The molecule has 4 heterocycles. The number of hydrogen-bond acceptors (Lipinski definition) is 6. The smallest absolute Gasteiger partial charge is 0.257 e. The number of aryl methyl sites for hydroxylation is 1. The van der Waals surface area contributed by atoms with Crippen molar-refractivity contribution in [2.45, 2.75) is 25.2 Å². The van der Waals surface area contributed by atoms with E-state index in [-0.39, 0.29) is 24.2 Å². The van der Waals surface area contributed by atoms with Gasteiger partial charge >= 0.3 is 0 Å². The van der Waals surface area contributed by atoms with E-state index in [2.05, 4.69) is 4.98 Å². The van der Waals surface area contributed by atoms with Gasteiger partial charge in [-0.25, -0.2) is 0 Å². The number of hydrogen-bond donors (Lipinski definition) is 0. The summed E-state index contributed by atoms with van der Waals surface area (Å²) < 4.78 is 23.5. The number of amides is 1. The summed E-state index contributed by atoms with van der Waals surface area (Å²) >= 11 is 0. The van der Waals surface area contributed by atoms with Gasteiger partial charge in [0.2, 0.25) is 0 Å². The van der Waals surface area contributed by atoms with Crippen LogP contribution in [0.2, 0.25) is 0 Å². The van der Waals surface area contributed by atoms with Gasteiger partial charge in [-0.3, -0.25) is 9.78 Å². The average Bonchev–Trinajstić information content (AvgIpc) is 3.34. The van der Waals surface area contributed by atoms with E-state index < -0.39 is 0 Å². The first-order valence-electron chi connectivity index (χ1n) is 9.75. The summed E-state index contributed by atoms with van der Waals surface area (Å²) in [7, 11) is 0. The second-order valence-corrected chi connectivity index (χ2v) is 7.47. The summed E-state index contributed by atoms with van der Waals surface area (Å²) in [4.78, 5) is 19.1. The van der Waals surface area contributed by atoms with Crippen LogP contribution in [0.15, 0.2) is 53.3 Å². The Balaban J connectivity index is 1.23. The van der Waals surface area contributed by atoms with Gasteiger partial charge in [0.15, 0.2) is 0 Å². The largest absolute Gasteiger partial charge is 0.484 e. The van der Waals surface area contributed by atoms with Crippen LogP contribution in [0.5, 0.6) is 5.75 Å². The number of aromatic nitrogens is 1. The number of carbonyl (C=O) groups excluding carboxylic acids is 1. The first kappa shape index (κ1) is 18.1. The Morgan fingerprint density at radius 3 is 2.62 bits per heavy atom. The lowest BCUT2D eigenvalue weighted by molar-refractivity contribution is -0.00461. The van der Waals surface area contributed by atoms with Gasteiger partial charge in [-0.2, -0.15) is 0 Å². The van der Waals surface area contributed by atoms with Crippen LogP contribution in [0.1, 0.15) is 16.1 Å². The Bertz CT molecular complexity index is 999. The van der Waals surface area contributed by atoms with E-state index in [1.807, 2.05) is 37.3 Å². The summed E-state index contributed by atoms with van der Waals surface area (Å²) in [6.45, 7) is 3.72. The molecule has 1 amide bonds. The molecular weight excluding hydrogens is 372 g/mol. The molecule has 2 saturated heterocycles. The van der Waals surface area contributed by atoms with Gasteiger partial charge in [-0.05, 0) is 31.2 Å². The first-order valence-corrected chi connectivity index (χ1v) is 9.75. The molecule has 150 valence electrons. The van der Waals surface area contributed by atoms with Crippen LogP contribution in [0, 0.1) is 6.92 Å². The zero-order valence-corrected chi connectivity index (χ0v) is 16.1. The molecule has 7 heteroatoms. The number of rotatable bonds is 3. The maximum absolute atomic E-state index is 13.0. The van der Waals surface area contributed by atoms with Gasteiger partial charge in [0.05, 0.1) is 31.2 Å². The Morgan fingerprint density at radius 2 is 1.90 bits per heavy atom. The molecular formula is C22H22N2O5. The highest BCUT2D eigenvalue weighted by atomic mass is 16.6. The van der Waals surface area contributed by atoms with Crippen LogP contribution in [-0.4, -0.2) is 60.4 Å². The predicted octanol–water partition coefficient (Wildman–Crippen LogP) is 2.82.